The Balaban J connectivity index is 1.49. The Morgan fingerprint density at radius 3 is 2.59 bits per heavy atom. The van der Waals surface area contributed by atoms with Gasteiger partial charge in [0.15, 0.2) is 11.5 Å². The summed E-state index contributed by atoms with van der Waals surface area (Å²) in [6.07, 6.45) is 3.10. The number of hydrogen-bond acceptors (Lipinski definition) is 6. The summed E-state index contributed by atoms with van der Waals surface area (Å²) in [6, 6.07) is 13.7. The van der Waals surface area contributed by atoms with Gasteiger partial charge >= 0.3 is 6.29 Å². The first-order valence-electron chi connectivity index (χ1n) is 12.9. The van der Waals surface area contributed by atoms with Gasteiger partial charge in [0.2, 0.25) is 5.91 Å². The average Bonchev–Trinajstić information content (AvgIpc) is 3.24. The van der Waals surface area contributed by atoms with E-state index in [-0.39, 0.29) is 30.1 Å². The fourth-order valence-electron chi connectivity index (χ4n) is 4.69. The van der Waals surface area contributed by atoms with E-state index in [2.05, 4.69) is 26.5 Å². The predicted molar refractivity (Wildman–Crippen MR) is 142 cm³/mol. The molecule has 0 bridgehead atoms. The third kappa shape index (κ3) is 5.59. The first-order valence-corrected chi connectivity index (χ1v) is 12.9. The van der Waals surface area contributed by atoms with Crippen molar-refractivity contribution in [1.82, 2.24) is 14.8 Å². The number of ether oxygens (including phenoxy) is 2. The molecule has 1 aliphatic heterocycles. The molecule has 0 saturated carbocycles. The van der Waals surface area contributed by atoms with E-state index in [1.54, 1.807) is 25.4 Å². The maximum atomic E-state index is 13.5. The molecule has 0 saturated heterocycles. The van der Waals surface area contributed by atoms with E-state index in [9.17, 15) is 18.4 Å². The number of carbonyl (C=O) groups is 1. The van der Waals surface area contributed by atoms with Crippen LogP contribution in [-0.2, 0) is 24.2 Å². The summed E-state index contributed by atoms with van der Waals surface area (Å²) < 4.78 is 37.1. The molecule has 5 rings (SSSR count). The maximum absolute atomic E-state index is 13.5. The molecule has 0 atom stereocenters. The number of rotatable bonds is 9. The molecule has 202 valence electrons. The number of hydrogen-bond donors (Lipinski definition) is 0. The molecule has 0 spiro atoms. The molecule has 0 N–H and O–H groups in total. The molecule has 1 amide bonds. The van der Waals surface area contributed by atoms with E-state index in [4.69, 9.17) is 0 Å². The first-order chi connectivity index (χ1) is 18.8. The summed E-state index contributed by atoms with van der Waals surface area (Å²) in [5.41, 5.74) is 2.67. The number of aryl methyl sites for hydroxylation is 1. The van der Waals surface area contributed by atoms with Gasteiger partial charge in [-0.15, -0.1) is 8.78 Å². The number of halogens is 2. The lowest BCUT2D eigenvalue weighted by Gasteiger charge is -2.22. The quantitative estimate of drug-likeness (QED) is 0.297. The zero-order valence-corrected chi connectivity index (χ0v) is 21.7. The van der Waals surface area contributed by atoms with Crippen LogP contribution in [0.3, 0.4) is 0 Å². The number of likely N-dealkylation sites (N-methyl/N-ethyl adjacent to an activating group) is 1. The lowest BCUT2D eigenvalue weighted by atomic mass is 10.0. The Hall–Kier alpha value is -4.34. The van der Waals surface area contributed by atoms with Gasteiger partial charge in [0.05, 0.1) is 11.1 Å². The molecule has 39 heavy (non-hydrogen) atoms. The van der Waals surface area contributed by atoms with E-state index in [0.29, 0.717) is 23.2 Å². The molecule has 8 nitrogen and oxygen atoms in total. The van der Waals surface area contributed by atoms with E-state index in [1.807, 2.05) is 24.3 Å². The van der Waals surface area contributed by atoms with E-state index in [1.165, 1.54) is 27.8 Å². The number of amides is 1. The van der Waals surface area contributed by atoms with E-state index in [0.717, 1.165) is 35.8 Å². The number of pyridine rings is 1. The summed E-state index contributed by atoms with van der Waals surface area (Å²) in [5, 5.41) is 5.86. The summed E-state index contributed by atoms with van der Waals surface area (Å²) in [7, 11) is 0. The van der Waals surface area contributed by atoms with E-state index >= 15 is 0 Å². The van der Waals surface area contributed by atoms with Crippen molar-refractivity contribution < 1.29 is 23.0 Å². The predicted octanol–water partition coefficient (Wildman–Crippen LogP) is 5.10. The number of carbonyl (C=O) groups excluding carboxylic acids is 1. The van der Waals surface area contributed by atoms with Crippen LogP contribution in [0.2, 0.25) is 0 Å². The lowest BCUT2D eigenvalue weighted by molar-refractivity contribution is -0.286. The Morgan fingerprint density at radius 2 is 1.85 bits per heavy atom. The molecule has 3 heterocycles. The normalized spacial score (nSPS) is 13.5. The molecular weight excluding hydrogens is 506 g/mol. The van der Waals surface area contributed by atoms with Gasteiger partial charge < -0.3 is 14.4 Å². The topological polar surface area (TPSA) is 86.6 Å². The van der Waals surface area contributed by atoms with Crippen LogP contribution in [0.1, 0.15) is 43.5 Å². The van der Waals surface area contributed by atoms with Crippen LogP contribution in [0.5, 0.6) is 11.5 Å². The summed E-state index contributed by atoms with van der Waals surface area (Å²) >= 11 is 0. The second kappa shape index (κ2) is 10.8. The van der Waals surface area contributed by atoms with Crippen LogP contribution in [-0.4, -0.2) is 33.5 Å². The molecule has 0 fully saturated rings. The Labute approximate surface area is 223 Å². The van der Waals surface area contributed by atoms with Crippen molar-refractivity contribution in [3.05, 3.63) is 88.1 Å². The fourth-order valence-corrected chi connectivity index (χ4v) is 4.69. The van der Waals surface area contributed by atoms with Crippen molar-refractivity contribution in [1.29, 1.82) is 0 Å². The molecular formula is C29H28F2N4O4. The number of fused-ring (bicyclic) bond motifs is 2. The number of anilines is 1. The smallest absolute Gasteiger partial charge is 0.395 e. The average molecular weight is 535 g/mol. The second-order valence-corrected chi connectivity index (χ2v) is 9.37. The summed E-state index contributed by atoms with van der Waals surface area (Å²) in [5.74, 6) is -0.704. The first kappa shape index (κ1) is 26.3. The summed E-state index contributed by atoms with van der Waals surface area (Å²) in [6.45, 7) is 3.79. The molecule has 2 aromatic heterocycles. The third-order valence-corrected chi connectivity index (χ3v) is 6.61. The SMILES string of the molecule is CCCCc1ccc2c(=O)n(CC(=O)N(CC)c3ccc4c(c3)OC(F)(F)O4)nc(Cc3cccnc3)c2c1. The molecule has 0 radical (unpaired) electrons. The van der Waals surface area contributed by atoms with Crippen molar-refractivity contribution in [2.45, 2.75) is 52.4 Å². The number of benzene rings is 2. The Bertz CT molecular complexity index is 1570. The van der Waals surface area contributed by atoms with Crippen LogP contribution in [0.15, 0.2) is 65.7 Å². The zero-order chi connectivity index (χ0) is 27.6. The van der Waals surface area contributed by atoms with Gasteiger partial charge in [-0.05, 0) is 61.2 Å². The number of aromatic nitrogens is 3. The number of nitrogens with zero attached hydrogens (tertiary/aromatic N) is 4. The van der Waals surface area contributed by atoms with Crippen molar-refractivity contribution in [2.75, 3.05) is 11.4 Å². The van der Waals surface area contributed by atoms with Gasteiger partial charge in [0, 0.05) is 42.5 Å². The van der Waals surface area contributed by atoms with Crippen LogP contribution < -0.4 is 19.9 Å². The highest BCUT2D eigenvalue weighted by molar-refractivity contribution is 5.94. The lowest BCUT2D eigenvalue weighted by Crippen LogP contribution is -2.37. The minimum atomic E-state index is -3.76. The minimum absolute atomic E-state index is 0.113. The zero-order valence-electron chi connectivity index (χ0n) is 21.7. The van der Waals surface area contributed by atoms with Gasteiger partial charge in [-0.2, -0.15) is 5.10 Å². The second-order valence-electron chi connectivity index (χ2n) is 9.37. The molecule has 2 aromatic carbocycles. The van der Waals surface area contributed by atoms with E-state index < -0.39 is 12.2 Å². The monoisotopic (exact) mass is 534 g/mol. The standard InChI is InChI=1S/C29H28F2N4O4/c1-3-5-7-19-9-11-22-23(14-19)24(15-20-8-6-13-32-17-20)33-35(28(22)37)18-27(36)34(4-2)21-10-12-25-26(16-21)39-29(30,31)38-25/h6,8-14,16-17H,3-5,7,15,18H2,1-2H3. The fraction of sp³-hybridized carbons (Fsp3) is 0.310. The minimum Gasteiger partial charge on any atom is -0.395 e. The maximum Gasteiger partial charge on any atom is 0.586 e. The highest BCUT2D eigenvalue weighted by atomic mass is 19.3. The van der Waals surface area contributed by atoms with Gasteiger partial charge in [0.1, 0.15) is 6.54 Å². The summed E-state index contributed by atoms with van der Waals surface area (Å²) in [4.78, 5) is 32.4. The van der Waals surface area contributed by atoms with Gasteiger partial charge in [-0.3, -0.25) is 14.6 Å². The van der Waals surface area contributed by atoms with Gasteiger partial charge in [-0.25, -0.2) is 4.68 Å². The largest absolute Gasteiger partial charge is 0.586 e. The third-order valence-electron chi connectivity index (χ3n) is 6.61. The van der Waals surface area contributed by atoms with Crippen LogP contribution in [0, 0.1) is 0 Å². The number of unbranched alkanes of at least 4 members (excludes halogenated alkanes) is 1. The Morgan fingerprint density at radius 1 is 1.03 bits per heavy atom. The van der Waals surface area contributed by atoms with Crippen molar-refractivity contribution >= 4 is 22.4 Å². The van der Waals surface area contributed by atoms with Gasteiger partial charge in [-0.1, -0.05) is 25.5 Å². The van der Waals surface area contributed by atoms with Crippen LogP contribution in [0.4, 0.5) is 14.5 Å². The van der Waals surface area contributed by atoms with Crippen LogP contribution in [0.25, 0.3) is 10.8 Å². The van der Waals surface area contributed by atoms with Gasteiger partial charge in [0.25, 0.3) is 5.56 Å². The van der Waals surface area contributed by atoms with Crippen molar-refractivity contribution in [3.63, 3.8) is 0 Å². The molecule has 10 heteroatoms. The van der Waals surface area contributed by atoms with Crippen LogP contribution >= 0.6 is 0 Å². The van der Waals surface area contributed by atoms with Crippen molar-refractivity contribution in [2.24, 2.45) is 0 Å². The molecule has 1 aliphatic rings. The molecule has 0 unspecified atom stereocenters. The highest BCUT2D eigenvalue weighted by Crippen LogP contribution is 2.42. The highest BCUT2D eigenvalue weighted by Gasteiger charge is 2.43. The molecule has 0 aliphatic carbocycles. The molecule has 4 aromatic rings. The number of alkyl halides is 2. The Kier molecular flexibility index (Phi) is 7.28. The van der Waals surface area contributed by atoms with Crippen molar-refractivity contribution in [3.8, 4) is 11.5 Å².